The maximum Gasteiger partial charge on any atom is 0.242 e. The summed E-state index contributed by atoms with van der Waals surface area (Å²) in [6, 6.07) is 3.10. The van der Waals surface area contributed by atoms with Gasteiger partial charge in [0.15, 0.2) is 0 Å². The Hall–Kier alpha value is -0.970. The summed E-state index contributed by atoms with van der Waals surface area (Å²) in [5.41, 5.74) is 6.13. The van der Waals surface area contributed by atoms with Crippen LogP contribution in [-0.2, 0) is 16.4 Å². The highest BCUT2D eigenvalue weighted by Crippen LogP contribution is 2.32. The van der Waals surface area contributed by atoms with Crippen LogP contribution in [0.2, 0.25) is 0 Å². The van der Waals surface area contributed by atoms with E-state index in [1.54, 1.807) is 12.1 Å². The zero-order chi connectivity index (χ0) is 15.5. The number of hydrogen-bond donors (Lipinski definition) is 3. The van der Waals surface area contributed by atoms with Crippen molar-refractivity contribution in [2.45, 2.75) is 17.7 Å². The molecule has 7 nitrogen and oxygen atoms in total. The number of hydrogen-bond acceptors (Lipinski definition) is 5. The molecule has 0 aliphatic heterocycles. The summed E-state index contributed by atoms with van der Waals surface area (Å²) in [7, 11) is -3.62. The Morgan fingerprint density at radius 3 is 2.52 bits per heavy atom. The van der Waals surface area contributed by atoms with E-state index in [1.807, 2.05) is 0 Å². The maximum absolute atomic E-state index is 12.3. The first-order valence-corrected chi connectivity index (χ1v) is 9.05. The molecule has 0 radical (unpaired) electrons. The van der Waals surface area contributed by atoms with Crippen LogP contribution < -0.4 is 10.5 Å². The predicted molar refractivity (Wildman–Crippen MR) is 86.1 cm³/mol. The van der Waals surface area contributed by atoms with Crippen molar-refractivity contribution in [1.29, 1.82) is 0 Å². The molecule has 21 heavy (non-hydrogen) atoms. The summed E-state index contributed by atoms with van der Waals surface area (Å²) < 4.78 is 28.0. The minimum Gasteiger partial charge on any atom is -0.399 e. The van der Waals surface area contributed by atoms with Crippen molar-refractivity contribution in [2.24, 2.45) is 0 Å². The second-order valence-electron chi connectivity index (χ2n) is 4.25. The van der Waals surface area contributed by atoms with Gasteiger partial charge in [0.25, 0.3) is 0 Å². The number of nitrogens with two attached hydrogens (primary N) is 1. The molecular formula is C11H13Br2N5O2S. The lowest BCUT2D eigenvalue weighted by Gasteiger charge is -2.11. The molecule has 0 amide bonds. The summed E-state index contributed by atoms with van der Waals surface area (Å²) in [6.45, 7) is 0.298. The van der Waals surface area contributed by atoms with E-state index >= 15 is 0 Å². The summed E-state index contributed by atoms with van der Waals surface area (Å²) in [4.78, 5) is 4.11. The van der Waals surface area contributed by atoms with Crippen molar-refractivity contribution in [3.8, 4) is 0 Å². The SMILES string of the molecule is Nc1cc(Br)c(S(=O)(=O)NCCCc2ncn[nH]2)c(Br)c1. The molecular weight excluding hydrogens is 426 g/mol. The van der Waals surface area contributed by atoms with Crippen LogP contribution in [0, 0.1) is 0 Å². The molecule has 0 unspecified atom stereocenters. The molecule has 0 aliphatic carbocycles. The Bertz CT molecular complexity index is 695. The minimum absolute atomic E-state index is 0.136. The molecule has 0 atom stereocenters. The fourth-order valence-electron chi connectivity index (χ4n) is 1.72. The van der Waals surface area contributed by atoms with E-state index in [2.05, 4.69) is 51.8 Å². The minimum atomic E-state index is -3.62. The van der Waals surface area contributed by atoms with E-state index in [0.29, 0.717) is 34.0 Å². The highest BCUT2D eigenvalue weighted by Gasteiger charge is 2.21. The van der Waals surface area contributed by atoms with Crippen molar-refractivity contribution in [3.63, 3.8) is 0 Å². The van der Waals surface area contributed by atoms with Crippen molar-refractivity contribution in [2.75, 3.05) is 12.3 Å². The fourth-order valence-corrected chi connectivity index (χ4v) is 5.41. The van der Waals surface area contributed by atoms with Crippen molar-refractivity contribution < 1.29 is 8.42 Å². The molecule has 0 aliphatic rings. The zero-order valence-corrected chi connectivity index (χ0v) is 14.8. The predicted octanol–water partition coefficient (Wildman–Crippen LogP) is 1.82. The molecule has 2 rings (SSSR count). The van der Waals surface area contributed by atoms with Crippen LogP contribution in [0.25, 0.3) is 0 Å². The number of anilines is 1. The van der Waals surface area contributed by atoms with Crippen molar-refractivity contribution >= 4 is 47.6 Å². The van der Waals surface area contributed by atoms with Gasteiger partial charge in [-0.05, 0) is 50.4 Å². The van der Waals surface area contributed by atoms with Gasteiger partial charge in [0.05, 0.1) is 0 Å². The number of nitrogens with zero attached hydrogens (tertiary/aromatic N) is 2. The van der Waals surface area contributed by atoms with E-state index in [4.69, 9.17) is 5.73 Å². The highest BCUT2D eigenvalue weighted by atomic mass is 79.9. The number of sulfonamides is 1. The van der Waals surface area contributed by atoms with E-state index in [-0.39, 0.29) is 4.90 Å². The Morgan fingerprint density at radius 1 is 1.29 bits per heavy atom. The number of aromatic nitrogens is 3. The Balaban J connectivity index is 2.02. The standard InChI is InChI=1S/C11H13Br2N5O2S/c12-8-4-7(14)5-9(13)11(8)21(19,20)17-3-1-2-10-15-6-16-18-10/h4-6,17H,1-3,14H2,(H,15,16,18). The molecule has 1 heterocycles. The molecule has 0 fully saturated rings. The highest BCUT2D eigenvalue weighted by molar-refractivity contribution is 9.11. The summed E-state index contributed by atoms with van der Waals surface area (Å²) in [6.07, 6.45) is 2.65. The molecule has 114 valence electrons. The number of nitrogens with one attached hydrogen (secondary N) is 2. The van der Waals surface area contributed by atoms with E-state index < -0.39 is 10.0 Å². The second kappa shape index (κ2) is 6.86. The lowest BCUT2D eigenvalue weighted by atomic mass is 10.3. The van der Waals surface area contributed by atoms with E-state index in [1.165, 1.54) is 6.33 Å². The smallest absolute Gasteiger partial charge is 0.242 e. The normalized spacial score (nSPS) is 11.7. The first-order chi connectivity index (χ1) is 9.90. The van der Waals surface area contributed by atoms with Gasteiger partial charge >= 0.3 is 0 Å². The average molecular weight is 439 g/mol. The molecule has 1 aromatic carbocycles. The van der Waals surface area contributed by atoms with Crippen LogP contribution in [0.3, 0.4) is 0 Å². The average Bonchev–Trinajstić information content (AvgIpc) is 2.86. The Morgan fingerprint density at radius 2 is 1.95 bits per heavy atom. The summed E-state index contributed by atoms with van der Waals surface area (Å²) in [5, 5.41) is 6.45. The van der Waals surface area contributed by atoms with Crippen molar-refractivity contribution in [3.05, 3.63) is 33.2 Å². The second-order valence-corrected chi connectivity index (χ2v) is 7.66. The number of halogens is 2. The molecule has 0 spiro atoms. The van der Waals surface area contributed by atoms with Crippen LogP contribution in [-0.4, -0.2) is 30.1 Å². The van der Waals surface area contributed by atoms with E-state index in [0.717, 1.165) is 5.82 Å². The van der Waals surface area contributed by atoms with Gasteiger partial charge in [-0.1, -0.05) is 0 Å². The van der Waals surface area contributed by atoms with Crippen LogP contribution in [0.5, 0.6) is 0 Å². The molecule has 2 aromatic rings. The van der Waals surface area contributed by atoms with Crippen LogP contribution in [0.15, 0.2) is 32.3 Å². The molecule has 10 heteroatoms. The van der Waals surface area contributed by atoms with Crippen LogP contribution in [0.4, 0.5) is 5.69 Å². The lowest BCUT2D eigenvalue weighted by Crippen LogP contribution is -2.26. The van der Waals surface area contributed by atoms with Gasteiger partial charge in [0.1, 0.15) is 17.0 Å². The van der Waals surface area contributed by atoms with Gasteiger partial charge < -0.3 is 5.73 Å². The first kappa shape index (κ1) is 16.4. The van der Waals surface area contributed by atoms with Crippen LogP contribution in [0.1, 0.15) is 12.2 Å². The third-order valence-electron chi connectivity index (χ3n) is 2.64. The van der Waals surface area contributed by atoms with Gasteiger partial charge in [0.2, 0.25) is 10.0 Å². The van der Waals surface area contributed by atoms with Gasteiger partial charge in [-0.15, -0.1) is 0 Å². The van der Waals surface area contributed by atoms with Gasteiger partial charge in [-0.2, -0.15) is 5.10 Å². The third kappa shape index (κ3) is 4.25. The molecule has 4 N–H and O–H groups in total. The maximum atomic E-state index is 12.3. The molecule has 0 saturated heterocycles. The number of rotatable bonds is 6. The Labute approximate surface area is 139 Å². The van der Waals surface area contributed by atoms with E-state index in [9.17, 15) is 8.42 Å². The summed E-state index contributed by atoms with van der Waals surface area (Å²) in [5.74, 6) is 0.726. The fraction of sp³-hybridized carbons (Fsp3) is 0.273. The Kier molecular flexibility index (Phi) is 5.36. The number of H-pyrrole nitrogens is 1. The number of aromatic amines is 1. The zero-order valence-electron chi connectivity index (χ0n) is 10.8. The quantitative estimate of drug-likeness (QED) is 0.470. The van der Waals surface area contributed by atoms with Crippen LogP contribution >= 0.6 is 31.9 Å². The third-order valence-corrected chi connectivity index (χ3v) is 5.97. The summed E-state index contributed by atoms with van der Waals surface area (Å²) >= 11 is 6.44. The number of nitrogen functional groups attached to an aromatic ring is 1. The van der Waals surface area contributed by atoms with Crippen molar-refractivity contribution in [1.82, 2.24) is 19.9 Å². The monoisotopic (exact) mass is 437 g/mol. The first-order valence-electron chi connectivity index (χ1n) is 5.98. The topological polar surface area (TPSA) is 114 Å². The number of aryl methyl sites for hydroxylation is 1. The molecule has 0 saturated carbocycles. The van der Waals surface area contributed by atoms with Gasteiger partial charge in [-0.25, -0.2) is 18.1 Å². The number of benzene rings is 1. The molecule has 1 aromatic heterocycles. The largest absolute Gasteiger partial charge is 0.399 e. The van der Waals surface area contributed by atoms with Gasteiger partial charge in [-0.3, -0.25) is 5.10 Å². The lowest BCUT2D eigenvalue weighted by molar-refractivity contribution is 0.577. The molecule has 0 bridgehead atoms. The van der Waals surface area contributed by atoms with Gasteiger partial charge in [0, 0.05) is 27.6 Å².